The molecule has 0 amide bonds. The molecule has 1 aliphatic heterocycles. The van der Waals surface area contributed by atoms with E-state index in [0.717, 1.165) is 12.5 Å². The second-order valence-electron chi connectivity index (χ2n) is 3.29. The molecule has 0 radical (unpaired) electrons. The highest BCUT2D eigenvalue weighted by atomic mass is 35.5. The maximum Gasteiger partial charge on any atom is 0.282 e. The van der Waals surface area contributed by atoms with Gasteiger partial charge in [0.1, 0.15) is 6.10 Å². The summed E-state index contributed by atoms with van der Waals surface area (Å²) in [5, 5.41) is 0.363. The third kappa shape index (κ3) is 1.51. The van der Waals surface area contributed by atoms with Gasteiger partial charge < -0.3 is 4.74 Å². The lowest BCUT2D eigenvalue weighted by atomic mass is 10.0. The fraction of sp³-hybridized carbons (Fsp3) is 0.875. The summed E-state index contributed by atoms with van der Waals surface area (Å²) in [6.45, 7) is 0.781. The smallest absolute Gasteiger partial charge is 0.282 e. The number of hydrogen-bond acceptors (Lipinski definition) is 2. The molecule has 0 aromatic heterocycles. The van der Waals surface area contributed by atoms with Crippen molar-refractivity contribution in [3.8, 4) is 0 Å². The van der Waals surface area contributed by atoms with Gasteiger partial charge in [-0.2, -0.15) is 0 Å². The summed E-state index contributed by atoms with van der Waals surface area (Å²) >= 11 is 5.61. The van der Waals surface area contributed by atoms with Gasteiger partial charge in [-0.3, -0.25) is 0 Å². The predicted octanol–water partition coefficient (Wildman–Crippen LogP) is 2.17. The predicted molar refractivity (Wildman–Crippen MR) is 45.0 cm³/mol. The van der Waals surface area contributed by atoms with Gasteiger partial charge in [0, 0.05) is 0 Å². The Labute approximate surface area is 71.6 Å². The van der Waals surface area contributed by atoms with Crippen LogP contribution in [0.1, 0.15) is 25.7 Å². The van der Waals surface area contributed by atoms with Crippen molar-refractivity contribution in [1.29, 1.82) is 0 Å². The molecule has 2 aliphatic rings. The first kappa shape index (κ1) is 7.41. The molecule has 0 spiro atoms. The summed E-state index contributed by atoms with van der Waals surface area (Å²) in [6.07, 6.45) is 5.59. The lowest BCUT2D eigenvalue weighted by Crippen LogP contribution is -2.21. The van der Waals surface area contributed by atoms with Crippen molar-refractivity contribution in [2.24, 2.45) is 10.9 Å². The molecule has 0 aromatic carbocycles. The number of aliphatic imine (C=N–C) groups is 1. The zero-order chi connectivity index (χ0) is 7.68. The molecule has 1 heterocycles. The third-order valence-corrected chi connectivity index (χ3v) is 2.78. The minimum Gasteiger partial charge on any atom is -0.464 e. The van der Waals surface area contributed by atoms with E-state index < -0.39 is 0 Å². The van der Waals surface area contributed by atoms with E-state index in [4.69, 9.17) is 16.3 Å². The molecular weight excluding hydrogens is 162 g/mol. The summed E-state index contributed by atoms with van der Waals surface area (Å²) in [4.78, 5) is 4.02. The van der Waals surface area contributed by atoms with Crippen molar-refractivity contribution in [1.82, 2.24) is 0 Å². The van der Waals surface area contributed by atoms with Crippen LogP contribution in [0.5, 0.6) is 0 Å². The minimum absolute atomic E-state index is 0.296. The van der Waals surface area contributed by atoms with Gasteiger partial charge in [-0.15, -0.1) is 0 Å². The van der Waals surface area contributed by atoms with Gasteiger partial charge in [0.25, 0.3) is 5.36 Å². The minimum atomic E-state index is 0.296. The highest BCUT2D eigenvalue weighted by Gasteiger charge is 2.29. The van der Waals surface area contributed by atoms with Gasteiger partial charge in [-0.1, -0.05) is 12.8 Å². The van der Waals surface area contributed by atoms with E-state index >= 15 is 0 Å². The van der Waals surface area contributed by atoms with Gasteiger partial charge in [0.15, 0.2) is 0 Å². The molecule has 0 saturated heterocycles. The van der Waals surface area contributed by atoms with E-state index in [2.05, 4.69) is 4.99 Å². The molecule has 2 nitrogen and oxygen atoms in total. The molecule has 0 bridgehead atoms. The Balaban J connectivity index is 1.88. The third-order valence-electron chi connectivity index (χ3n) is 2.57. The van der Waals surface area contributed by atoms with Crippen molar-refractivity contribution in [3.05, 3.63) is 0 Å². The van der Waals surface area contributed by atoms with Crippen LogP contribution in [0.3, 0.4) is 0 Å². The van der Waals surface area contributed by atoms with E-state index in [0.29, 0.717) is 11.5 Å². The zero-order valence-corrected chi connectivity index (χ0v) is 7.18. The molecule has 3 heteroatoms. The van der Waals surface area contributed by atoms with Crippen LogP contribution in [0, 0.1) is 5.92 Å². The first-order valence-corrected chi connectivity index (χ1v) is 4.60. The number of rotatable bonds is 1. The van der Waals surface area contributed by atoms with Gasteiger partial charge in [0.2, 0.25) is 0 Å². The second-order valence-corrected chi connectivity index (χ2v) is 3.62. The van der Waals surface area contributed by atoms with Crippen LogP contribution in [0.25, 0.3) is 0 Å². The molecule has 62 valence electrons. The van der Waals surface area contributed by atoms with Gasteiger partial charge >= 0.3 is 0 Å². The van der Waals surface area contributed by atoms with Crippen LogP contribution < -0.4 is 0 Å². The highest BCUT2D eigenvalue weighted by Crippen LogP contribution is 2.31. The first-order valence-electron chi connectivity index (χ1n) is 4.23. The number of hydrogen-bond donors (Lipinski definition) is 0. The topological polar surface area (TPSA) is 21.6 Å². The van der Waals surface area contributed by atoms with Crippen molar-refractivity contribution in [3.63, 3.8) is 0 Å². The number of halogens is 1. The summed E-state index contributed by atoms with van der Waals surface area (Å²) in [7, 11) is 0. The van der Waals surface area contributed by atoms with E-state index in [-0.39, 0.29) is 0 Å². The summed E-state index contributed by atoms with van der Waals surface area (Å²) < 4.78 is 5.36. The fourth-order valence-electron chi connectivity index (χ4n) is 1.94. The molecule has 11 heavy (non-hydrogen) atoms. The van der Waals surface area contributed by atoms with Gasteiger partial charge in [-0.05, 0) is 30.4 Å². The average Bonchev–Trinajstić information content (AvgIpc) is 2.55. The Hall–Kier alpha value is -0.240. The molecule has 1 saturated carbocycles. The van der Waals surface area contributed by atoms with E-state index in [9.17, 15) is 0 Å². The highest BCUT2D eigenvalue weighted by molar-refractivity contribution is 6.63. The molecule has 0 aromatic rings. The molecule has 1 fully saturated rings. The second kappa shape index (κ2) is 3.02. The quantitative estimate of drug-likeness (QED) is 0.596. The van der Waals surface area contributed by atoms with Crippen molar-refractivity contribution >= 4 is 17.0 Å². The zero-order valence-electron chi connectivity index (χ0n) is 6.42. The normalized spacial score (nSPS) is 32.1. The molecule has 1 aliphatic carbocycles. The average molecular weight is 174 g/mol. The van der Waals surface area contributed by atoms with Crippen LogP contribution >= 0.6 is 11.6 Å². The number of nitrogens with zero attached hydrogens (tertiary/aromatic N) is 1. The number of ether oxygens (including phenoxy) is 1. The van der Waals surface area contributed by atoms with Crippen molar-refractivity contribution in [2.75, 3.05) is 6.54 Å². The van der Waals surface area contributed by atoms with Crippen molar-refractivity contribution < 1.29 is 4.74 Å². The lowest BCUT2D eigenvalue weighted by molar-refractivity contribution is 0.158. The first-order chi connectivity index (χ1) is 5.36. The van der Waals surface area contributed by atoms with Crippen LogP contribution in [0.15, 0.2) is 4.99 Å². The Morgan fingerprint density at radius 2 is 2.09 bits per heavy atom. The molecule has 0 N–H and O–H groups in total. The Morgan fingerprint density at radius 1 is 1.36 bits per heavy atom. The molecule has 1 atom stereocenters. The SMILES string of the molecule is ClC1=NCC(C2CCCC2)O1. The lowest BCUT2D eigenvalue weighted by Gasteiger charge is -2.15. The van der Waals surface area contributed by atoms with Crippen LogP contribution in [-0.2, 0) is 4.74 Å². The van der Waals surface area contributed by atoms with Crippen LogP contribution in [0.2, 0.25) is 0 Å². The maximum atomic E-state index is 5.61. The van der Waals surface area contributed by atoms with Crippen molar-refractivity contribution in [2.45, 2.75) is 31.8 Å². The monoisotopic (exact) mass is 173 g/mol. The van der Waals surface area contributed by atoms with E-state index in [1.807, 2.05) is 0 Å². The summed E-state index contributed by atoms with van der Waals surface area (Å²) in [5.74, 6) is 0.718. The Bertz CT molecular complexity index is 175. The summed E-state index contributed by atoms with van der Waals surface area (Å²) in [5.41, 5.74) is 0. The fourth-order valence-corrected chi connectivity index (χ4v) is 2.12. The maximum absolute atomic E-state index is 5.61. The Kier molecular flexibility index (Phi) is 2.03. The van der Waals surface area contributed by atoms with Crippen LogP contribution in [-0.4, -0.2) is 18.0 Å². The standard InChI is InChI=1S/C8H12ClNO/c9-8-10-5-7(11-8)6-3-1-2-4-6/h6-7H,1-5H2. The van der Waals surface area contributed by atoms with Crippen LogP contribution in [0.4, 0.5) is 0 Å². The van der Waals surface area contributed by atoms with E-state index in [1.165, 1.54) is 25.7 Å². The molecule has 2 rings (SSSR count). The molecule has 1 unspecified atom stereocenters. The van der Waals surface area contributed by atoms with Gasteiger partial charge in [0.05, 0.1) is 6.54 Å². The largest absolute Gasteiger partial charge is 0.464 e. The van der Waals surface area contributed by atoms with E-state index in [1.54, 1.807) is 0 Å². The summed E-state index contributed by atoms with van der Waals surface area (Å²) in [6, 6.07) is 0. The van der Waals surface area contributed by atoms with Gasteiger partial charge in [-0.25, -0.2) is 4.99 Å². The molecular formula is C8H12ClNO. The Morgan fingerprint density at radius 3 is 2.64 bits per heavy atom.